The minimum atomic E-state index is -4.36. The quantitative estimate of drug-likeness (QED) is 0.265. The number of aromatic amines is 1. The average molecular weight is 485 g/mol. The van der Waals surface area contributed by atoms with Crippen molar-refractivity contribution in [3.8, 4) is 0 Å². The molecular weight excluding hydrogens is 469 g/mol. The first-order valence-corrected chi connectivity index (χ1v) is 10.9. The minimum absolute atomic E-state index is 0.654. The zero-order valence-corrected chi connectivity index (χ0v) is 18.1. The molecule has 1 aliphatic rings. The van der Waals surface area contributed by atoms with Crippen LogP contribution in [-0.4, -0.2) is 20.0 Å². The number of nitrogens with one attached hydrogen (secondary N) is 2. The van der Waals surface area contributed by atoms with Crippen LogP contribution in [0.15, 0.2) is 79.0 Å². The molecule has 5 rings (SSSR count). The summed E-state index contributed by atoms with van der Waals surface area (Å²) < 4.78 is 59.3. The van der Waals surface area contributed by atoms with Crippen LogP contribution in [0.2, 0.25) is 0 Å². The van der Waals surface area contributed by atoms with Crippen molar-refractivity contribution in [2.24, 2.45) is 0 Å². The Morgan fingerprint density at radius 3 is 2.29 bits per heavy atom. The van der Waals surface area contributed by atoms with Gasteiger partial charge in [-0.2, -0.15) is 13.2 Å². The van der Waals surface area contributed by atoms with E-state index in [4.69, 9.17) is 14.0 Å². The van der Waals surface area contributed by atoms with Gasteiger partial charge in [0.05, 0.1) is 28.1 Å². The number of H-pyrrole nitrogens is 1. The molecule has 174 valence electrons. The van der Waals surface area contributed by atoms with Gasteiger partial charge in [-0.15, -0.1) is 0 Å². The van der Waals surface area contributed by atoms with Crippen LogP contribution in [-0.2, 0) is 21.9 Å². The number of para-hydroxylation sites is 2. The SMILES string of the molecule is FC(F)(F)c1ccc(C(=C2C=[NH+]c3ccccc32)c2c[nH]c3ccccc23)cc1.O=S([O-])O[O-]. The van der Waals surface area contributed by atoms with Gasteiger partial charge in [-0.1, -0.05) is 42.5 Å². The fraction of sp³-hybridized carbons (Fsp3) is 0.0417. The van der Waals surface area contributed by atoms with E-state index in [0.717, 1.165) is 56.6 Å². The van der Waals surface area contributed by atoms with E-state index in [1.165, 1.54) is 0 Å². The standard InChI is InChI=1S/C24H15F3N2.H2O4S/c25-24(26,27)16-11-9-15(10-12-16)23(19-13-28-21-7-3-1-5-17(19)21)20-14-29-22-8-4-2-6-18(20)22;1-4-5(2)3/h1-14,28H;1H,(H,2,3)/p-1. The van der Waals surface area contributed by atoms with E-state index in [9.17, 15) is 13.2 Å². The van der Waals surface area contributed by atoms with Crippen LogP contribution in [0.4, 0.5) is 18.9 Å². The van der Waals surface area contributed by atoms with Gasteiger partial charge >= 0.3 is 6.18 Å². The van der Waals surface area contributed by atoms with Gasteiger partial charge < -0.3 is 19.1 Å². The maximum absolute atomic E-state index is 13.1. The zero-order valence-electron chi connectivity index (χ0n) is 17.3. The molecule has 1 aliphatic heterocycles. The van der Waals surface area contributed by atoms with E-state index >= 15 is 0 Å². The van der Waals surface area contributed by atoms with E-state index in [1.54, 1.807) is 12.1 Å². The molecule has 0 saturated heterocycles. The van der Waals surface area contributed by atoms with Gasteiger partial charge in [0, 0.05) is 34.3 Å². The lowest BCUT2D eigenvalue weighted by molar-refractivity contribution is -0.635. The largest absolute Gasteiger partial charge is 0.750 e. The van der Waals surface area contributed by atoms with Crippen LogP contribution in [0.25, 0.3) is 22.0 Å². The summed E-state index contributed by atoms with van der Waals surface area (Å²) in [6, 6.07) is 21.2. The number of benzene rings is 3. The molecule has 3 aromatic carbocycles. The van der Waals surface area contributed by atoms with Crippen molar-refractivity contribution in [1.29, 1.82) is 0 Å². The third kappa shape index (κ3) is 4.85. The van der Waals surface area contributed by atoms with E-state index < -0.39 is 23.1 Å². The first-order chi connectivity index (χ1) is 16.3. The second kappa shape index (κ2) is 9.74. The van der Waals surface area contributed by atoms with Crippen molar-refractivity contribution < 1.29 is 36.5 Å². The first-order valence-electron chi connectivity index (χ1n) is 9.86. The lowest BCUT2D eigenvalue weighted by Crippen LogP contribution is -2.58. The summed E-state index contributed by atoms with van der Waals surface area (Å²) in [5.41, 5.74) is 5.83. The number of hydrogen-bond acceptors (Lipinski definition) is 4. The molecule has 2 N–H and O–H groups in total. The summed E-state index contributed by atoms with van der Waals surface area (Å²) in [5, 5.41) is 9.54. The Labute approximate surface area is 194 Å². The van der Waals surface area contributed by atoms with Crippen LogP contribution >= 0.6 is 0 Å². The van der Waals surface area contributed by atoms with Crippen molar-refractivity contribution in [3.63, 3.8) is 0 Å². The van der Waals surface area contributed by atoms with Crippen molar-refractivity contribution >= 4 is 45.3 Å². The molecule has 2 heterocycles. The predicted molar refractivity (Wildman–Crippen MR) is 119 cm³/mol. The minimum Gasteiger partial charge on any atom is -0.750 e. The molecule has 0 saturated carbocycles. The van der Waals surface area contributed by atoms with E-state index in [2.05, 4.69) is 14.3 Å². The lowest BCUT2D eigenvalue weighted by Gasteiger charge is -2.12. The average Bonchev–Trinajstić information content (AvgIpc) is 3.45. The number of alkyl halides is 3. The highest BCUT2D eigenvalue weighted by Crippen LogP contribution is 2.38. The smallest absolute Gasteiger partial charge is 0.416 e. The number of rotatable bonds is 3. The third-order valence-corrected chi connectivity index (χ3v) is 5.38. The van der Waals surface area contributed by atoms with Gasteiger partial charge in [-0.25, -0.2) is 9.20 Å². The zero-order chi connectivity index (χ0) is 24.3. The number of allylic oxidation sites excluding steroid dienone is 1. The van der Waals surface area contributed by atoms with Crippen molar-refractivity contribution in [2.45, 2.75) is 6.18 Å². The molecule has 0 amide bonds. The predicted octanol–water partition coefficient (Wildman–Crippen LogP) is 3.01. The Morgan fingerprint density at radius 1 is 0.971 bits per heavy atom. The molecule has 0 fully saturated rings. The number of hydrogen-bond donors (Lipinski definition) is 2. The molecule has 34 heavy (non-hydrogen) atoms. The highest BCUT2D eigenvalue weighted by Gasteiger charge is 2.31. The summed E-state index contributed by atoms with van der Waals surface area (Å²) in [6.45, 7) is 0. The van der Waals surface area contributed by atoms with Gasteiger partial charge in [0.2, 0.25) is 5.69 Å². The molecule has 0 spiro atoms. The van der Waals surface area contributed by atoms with E-state index in [1.807, 2.05) is 60.9 Å². The molecule has 0 aliphatic carbocycles. The van der Waals surface area contributed by atoms with E-state index in [0.29, 0.717) is 0 Å². The summed E-state index contributed by atoms with van der Waals surface area (Å²) in [4.78, 5) is 6.55. The van der Waals surface area contributed by atoms with Gasteiger partial charge in [0.25, 0.3) is 0 Å². The van der Waals surface area contributed by atoms with Crippen LogP contribution in [0.5, 0.6) is 0 Å². The monoisotopic (exact) mass is 485 g/mol. The van der Waals surface area contributed by atoms with Gasteiger partial charge in [-0.05, 0) is 29.8 Å². The Balaban J connectivity index is 0.000000499. The van der Waals surface area contributed by atoms with Crippen LogP contribution in [0.3, 0.4) is 0 Å². The Kier molecular flexibility index (Phi) is 6.75. The second-order valence-electron chi connectivity index (χ2n) is 7.22. The maximum Gasteiger partial charge on any atom is 0.416 e. The Morgan fingerprint density at radius 2 is 1.62 bits per heavy atom. The normalized spacial score (nSPS) is 15.0. The Bertz CT molecular complexity index is 1410. The Hall–Kier alpha value is -3.57. The lowest BCUT2D eigenvalue weighted by atomic mass is 9.89. The second-order valence-corrected chi connectivity index (χ2v) is 7.76. The van der Waals surface area contributed by atoms with Gasteiger partial charge in [0.1, 0.15) is 0 Å². The molecule has 1 aromatic heterocycles. The third-order valence-electron chi connectivity index (χ3n) is 5.27. The molecule has 10 heteroatoms. The van der Waals surface area contributed by atoms with Crippen LogP contribution in [0, 0.1) is 0 Å². The topological polar surface area (TPSA) is 102 Å². The highest BCUT2D eigenvalue weighted by atomic mass is 32.2. The van der Waals surface area contributed by atoms with Gasteiger partial charge in [0.15, 0.2) is 6.21 Å². The molecule has 1 unspecified atom stereocenters. The molecule has 0 bridgehead atoms. The molecule has 1 atom stereocenters. The molecule has 4 aromatic rings. The summed E-state index contributed by atoms with van der Waals surface area (Å²) in [7, 11) is 0. The fourth-order valence-corrected chi connectivity index (χ4v) is 3.84. The number of aromatic nitrogens is 1. The van der Waals surface area contributed by atoms with Crippen molar-refractivity contribution in [3.05, 3.63) is 101 Å². The molecular formula is C24H16F3N2O4S-. The summed E-state index contributed by atoms with van der Waals surface area (Å²) in [5.74, 6) is 0. The van der Waals surface area contributed by atoms with E-state index in [-0.39, 0.29) is 0 Å². The van der Waals surface area contributed by atoms with Crippen LogP contribution in [0.1, 0.15) is 22.3 Å². The fourth-order valence-electron chi connectivity index (χ4n) is 3.84. The van der Waals surface area contributed by atoms with Crippen LogP contribution < -0.4 is 10.2 Å². The maximum atomic E-state index is 13.1. The highest BCUT2D eigenvalue weighted by molar-refractivity contribution is 7.73. The molecule has 6 nitrogen and oxygen atoms in total. The summed E-state index contributed by atoms with van der Waals surface area (Å²) >= 11 is -2.88. The molecule has 0 radical (unpaired) electrons. The summed E-state index contributed by atoms with van der Waals surface area (Å²) in [6.07, 6.45) is -0.529. The van der Waals surface area contributed by atoms with Gasteiger partial charge in [-0.3, -0.25) is 0 Å². The number of fused-ring (bicyclic) bond motifs is 2. The van der Waals surface area contributed by atoms with Crippen molar-refractivity contribution in [1.82, 2.24) is 4.98 Å². The number of halogens is 3. The first kappa shape index (κ1) is 23.6. The van der Waals surface area contributed by atoms with Crippen molar-refractivity contribution in [2.75, 3.05) is 0 Å².